The van der Waals surface area contributed by atoms with Crippen molar-refractivity contribution in [1.29, 1.82) is 0 Å². The molecule has 0 radical (unpaired) electrons. The van der Waals surface area contributed by atoms with E-state index in [1.165, 1.54) is 12.8 Å². The summed E-state index contributed by atoms with van der Waals surface area (Å²) >= 11 is 0. The molecule has 1 aromatic heterocycles. The van der Waals surface area contributed by atoms with Crippen molar-refractivity contribution in [1.82, 2.24) is 9.88 Å². The molecule has 3 fully saturated rings. The van der Waals surface area contributed by atoms with Gasteiger partial charge < -0.3 is 19.5 Å². The van der Waals surface area contributed by atoms with Gasteiger partial charge in [0.15, 0.2) is 0 Å². The molecule has 7 nitrogen and oxygen atoms in total. The van der Waals surface area contributed by atoms with Crippen molar-refractivity contribution in [2.45, 2.75) is 50.0 Å². The van der Waals surface area contributed by atoms with Crippen molar-refractivity contribution in [2.75, 3.05) is 19.7 Å². The van der Waals surface area contributed by atoms with E-state index in [0.29, 0.717) is 24.3 Å². The van der Waals surface area contributed by atoms with Crippen molar-refractivity contribution in [3.63, 3.8) is 0 Å². The quantitative estimate of drug-likeness (QED) is 0.812. The number of amides is 1. The maximum Gasteiger partial charge on any atom is 0.490 e. The van der Waals surface area contributed by atoms with Crippen molar-refractivity contribution < 1.29 is 37.3 Å². The molecule has 1 saturated carbocycles. The molecule has 3 aliphatic rings. The summed E-state index contributed by atoms with van der Waals surface area (Å²) in [5.41, 5.74) is -0.184. The number of carboxylic acid groups (broad SMARTS) is 1. The van der Waals surface area contributed by atoms with E-state index in [2.05, 4.69) is 4.98 Å². The van der Waals surface area contributed by atoms with Crippen LogP contribution in [0.15, 0.2) is 24.4 Å². The van der Waals surface area contributed by atoms with Gasteiger partial charge in [-0.05, 0) is 24.8 Å². The summed E-state index contributed by atoms with van der Waals surface area (Å²) in [6.45, 7) is 2.14. The number of aromatic nitrogens is 1. The average molecular weight is 416 g/mol. The number of pyridine rings is 1. The molecule has 2 aliphatic heterocycles. The minimum absolute atomic E-state index is 0.129. The Balaban J connectivity index is 0.000000298. The van der Waals surface area contributed by atoms with Crippen LogP contribution in [-0.2, 0) is 14.3 Å². The largest absolute Gasteiger partial charge is 0.490 e. The third kappa shape index (κ3) is 6.06. The lowest BCUT2D eigenvalue weighted by Crippen LogP contribution is -2.67. The number of carbonyl (C=O) groups excluding carboxylic acids is 1. The molecule has 29 heavy (non-hydrogen) atoms. The van der Waals surface area contributed by atoms with E-state index >= 15 is 0 Å². The Morgan fingerprint density at radius 3 is 2.52 bits per heavy atom. The van der Waals surface area contributed by atoms with E-state index in [9.17, 15) is 18.0 Å². The number of hydrogen-bond acceptors (Lipinski definition) is 5. The van der Waals surface area contributed by atoms with Crippen LogP contribution in [0.1, 0.15) is 32.1 Å². The second kappa shape index (κ2) is 8.56. The highest BCUT2D eigenvalue weighted by Crippen LogP contribution is 2.38. The average Bonchev–Trinajstić information content (AvgIpc) is 3.44. The SMILES string of the molecule is O=C(CC1CC1)N1CC2(CC(Oc3ccccn3)CCO2)C1.O=C(O)C(F)(F)F. The molecule has 1 N–H and O–H groups in total. The second-order valence-electron chi connectivity index (χ2n) is 7.63. The molecule has 1 unspecified atom stereocenters. The first-order chi connectivity index (χ1) is 13.7. The van der Waals surface area contributed by atoms with E-state index in [-0.39, 0.29) is 11.7 Å². The summed E-state index contributed by atoms with van der Waals surface area (Å²) in [7, 11) is 0. The van der Waals surface area contributed by atoms with Crippen LogP contribution >= 0.6 is 0 Å². The Kier molecular flexibility index (Phi) is 6.30. The maximum atomic E-state index is 12.1. The van der Waals surface area contributed by atoms with Crippen molar-refractivity contribution in [3.8, 4) is 5.88 Å². The lowest BCUT2D eigenvalue weighted by atomic mass is 9.84. The number of carbonyl (C=O) groups is 2. The Labute approximate surface area is 165 Å². The minimum atomic E-state index is -5.08. The number of nitrogens with zero attached hydrogens (tertiary/aromatic N) is 2. The summed E-state index contributed by atoms with van der Waals surface area (Å²) in [6, 6.07) is 5.70. The number of halogens is 3. The van der Waals surface area contributed by atoms with Gasteiger partial charge in [-0.3, -0.25) is 4.79 Å². The van der Waals surface area contributed by atoms with Crippen LogP contribution < -0.4 is 4.74 Å². The molecule has 0 aromatic carbocycles. The van der Waals surface area contributed by atoms with Crippen LogP contribution in [0.4, 0.5) is 13.2 Å². The van der Waals surface area contributed by atoms with Gasteiger partial charge in [0.1, 0.15) is 11.7 Å². The third-order valence-electron chi connectivity index (χ3n) is 5.09. The summed E-state index contributed by atoms with van der Waals surface area (Å²) in [4.78, 5) is 27.2. The molecule has 1 amide bonds. The number of aliphatic carboxylic acids is 1. The highest BCUT2D eigenvalue weighted by molar-refractivity contribution is 5.78. The predicted octanol–water partition coefficient (Wildman–Crippen LogP) is 2.65. The molecule has 3 heterocycles. The Hall–Kier alpha value is -2.36. The first-order valence-corrected chi connectivity index (χ1v) is 9.46. The van der Waals surface area contributed by atoms with Crippen LogP contribution in [0.25, 0.3) is 0 Å². The minimum Gasteiger partial charge on any atom is -0.475 e. The van der Waals surface area contributed by atoms with Crippen LogP contribution in [0.5, 0.6) is 5.88 Å². The summed E-state index contributed by atoms with van der Waals surface area (Å²) < 4.78 is 43.7. The normalized spacial score (nSPS) is 22.9. The molecule has 1 aromatic rings. The molecule has 0 bridgehead atoms. The zero-order valence-electron chi connectivity index (χ0n) is 15.7. The van der Waals surface area contributed by atoms with Crippen LogP contribution in [-0.4, -0.2) is 64.4 Å². The van der Waals surface area contributed by atoms with E-state index in [1.807, 2.05) is 23.1 Å². The number of rotatable bonds is 4. The molecule has 1 aliphatic carbocycles. The smallest absolute Gasteiger partial charge is 0.475 e. The van der Waals surface area contributed by atoms with Gasteiger partial charge in [0.05, 0.1) is 19.7 Å². The standard InChI is InChI=1S/C17H22N2O3.C2HF3O2/c20-16(9-13-4-5-13)19-11-17(12-19)10-14(6-8-21-17)22-15-3-1-2-7-18-15;3-2(4,5)1(6)7/h1-3,7,13-14H,4-6,8-12H2;(H,6,7). The van der Waals surface area contributed by atoms with Crippen LogP contribution in [0.2, 0.25) is 0 Å². The lowest BCUT2D eigenvalue weighted by molar-refractivity contribution is -0.193. The molecule has 160 valence electrons. The molecular formula is C19H23F3N2O5. The Morgan fingerprint density at radius 2 is 1.97 bits per heavy atom. The van der Waals surface area contributed by atoms with Gasteiger partial charge >= 0.3 is 12.1 Å². The van der Waals surface area contributed by atoms with Gasteiger partial charge in [0, 0.05) is 31.5 Å². The topological polar surface area (TPSA) is 89.0 Å². The Morgan fingerprint density at radius 1 is 1.28 bits per heavy atom. The first-order valence-electron chi connectivity index (χ1n) is 9.46. The van der Waals surface area contributed by atoms with Crippen molar-refractivity contribution in [3.05, 3.63) is 24.4 Å². The maximum absolute atomic E-state index is 12.1. The first kappa shape index (κ1) is 21.4. The van der Waals surface area contributed by atoms with Gasteiger partial charge in [-0.1, -0.05) is 6.07 Å². The zero-order valence-corrected chi connectivity index (χ0v) is 15.7. The van der Waals surface area contributed by atoms with Gasteiger partial charge in [0.25, 0.3) is 0 Å². The monoisotopic (exact) mass is 416 g/mol. The zero-order chi connectivity index (χ0) is 21.1. The lowest BCUT2D eigenvalue weighted by Gasteiger charge is -2.52. The van der Waals surface area contributed by atoms with Crippen LogP contribution in [0.3, 0.4) is 0 Å². The number of hydrogen-bond donors (Lipinski definition) is 1. The molecular weight excluding hydrogens is 393 g/mol. The van der Waals surface area contributed by atoms with Gasteiger partial charge in [-0.15, -0.1) is 0 Å². The summed E-state index contributed by atoms with van der Waals surface area (Å²) in [5.74, 6) is -1.14. The van der Waals surface area contributed by atoms with Gasteiger partial charge in [-0.2, -0.15) is 13.2 Å². The highest BCUT2D eigenvalue weighted by Gasteiger charge is 2.50. The van der Waals surface area contributed by atoms with Crippen molar-refractivity contribution in [2.24, 2.45) is 5.92 Å². The van der Waals surface area contributed by atoms with Crippen molar-refractivity contribution >= 4 is 11.9 Å². The van der Waals surface area contributed by atoms with Crippen LogP contribution in [0, 0.1) is 5.92 Å². The number of likely N-dealkylation sites (tertiary alicyclic amines) is 1. The third-order valence-corrected chi connectivity index (χ3v) is 5.09. The Bertz CT molecular complexity index is 718. The molecule has 1 spiro atoms. The van der Waals surface area contributed by atoms with Gasteiger partial charge in [-0.25, -0.2) is 9.78 Å². The number of ether oxygens (including phenoxy) is 2. The number of alkyl halides is 3. The molecule has 10 heteroatoms. The van der Waals surface area contributed by atoms with E-state index in [4.69, 9.17) is 19.4 Å². The number of carboxylic acids is 1. The van der Waals surface area contributed by atoms with E-state index < -0.39 is 12.1 Å². The fourth-order valence-electron chi connectivity index (χ4n) is 3.42. The molecule has 2 saturated heterocycles. The summed E-state index contributed by atoms with van der Waals surface area (Å²) in [6.07, 6.45) is 1.69. The van der Waals surface area contributed by atoms with Gasteiger partial charge in [0.2, 0.25) is 11.8 Å². The fourth-order valence-corrected chi connectivity index (χ4v) is 3.42. The molecule has 4 rings (SSSR count). The predicted molar refractivity (Wildman–Crippen MR) is 94.2 cm³/mol. The second-order valence-corrected chi connectivity index (χ2v) is 7.63. The van der Waals surface area contributed by atoms with E-state index in [1.54, 1.807) is 6.20 Å². The van der Waals surface area contributed by atoms with E-state index in [0.717, 1.165) is 32.4 Å². The fraction of sp³-hybridized carbons (Fsp3) is 0.632. The summed E-state index contributed by atoms with van der Waals surface area (Å²) in [5, 5.41) is 7.12. The molecule has 1 atom stereocenters. The highest BCUT2D eigenvalue weighted by atomic mass is 19.4.